The van der Waals surface area contributed by atoms with Crippen LogP contribution in [0.1, 0.15) is 5.56 Å². The number of hydrogen-bond donors (Lipinski definition) is 3. The van der Waals surface area contributed by atoms with E-state index in [4.69, 9.17) is 5.11 Å². The van der Waals surface area contributed by atoms with Crippen LogP contribution < -0.4 is 11.0 Å². The lowest BCUT2D eigenvalue weighted by Gasteiger charge is -1.90. The number of carboxylic acid groups (broad SMARTS) is 1. The van der Waals surface area contributed by atoms with E-state index in [9.17, 15) is 9.59 Å². The van der Waals surface area contributed by atoms with Gasteiger partial charge in [0.05, 0.1) is 11.8 Å². The molecule has 0 fully saturated rings. The van der Waals surface area contributed by atoms with Crippen molar-refractivity contribution in [2.75, 3.05) is 0 Å². The first kappa shape index (κ1) is 8.98. The van der Waals surface area contributed by atoms with Crippen molar-refractivity contribution < 1.29 is 9.90 Å². The van der Waals surface area contributed by atoms with Gasteiger partial charge in [0.15, 0.2) is 0 Å². The van der Waals surface area contributed by atoms with Crippen molar-refractivity contribution >= 4 is 12.3 Å². The first-order valence-corrected chi connectivity index (χ1v) is 3.40. The van der Waals surface area contributed by atoms with Crippen LogP contribution in [0.3, 0.4) is 0 Å². The Morgan fingerprint density at radius 1 is 1.69 bits per heavy atom. The molecule has 6 nitrogen and oxygen atoms in total. The molecule has 1 amide bonds. The molecule has 0 aliphatic heterocycles. The standard InChI is InChI=1S/C7H7N3O3/c11-6-5(2-1-3-8-6)4-9-10-7(12)13/h1-4,10H,(H,8,11)(H,12,13)/b9-4-. The zero-order chi connectivity index (χ0) is 9.68. The van der Waals surface area contributed by atoms with Gasteiger partial charge in [-0.15, -0.1) is 0 Å². The third kappa shape index (κ3) is 2.78. The van der Waals surface area contributed by atoms with Gasteiger partial charge < -0.3 is 10.1 Å². The average molecular weight is 181 g/mol. The number of hydrogen-bond acceptors (Lipinski definition) is 3. The molecular weight excluding hydrogens is 174 g/mol. The summed E-state index contributed by atoms with van der Waals surface area (Å²) in [6.45, 7) is 0. The molecule has 0 aliphatic carbocycles. The highest BCUT2D eigenvalue weighted by atomic mass is 16.4. The fraction of sp³-hybridized carbons (Fsp3) is 0. The van der Waals surface area contributed by atoms with Gasteiger partial charge >= 0.3 is 6.09 Å². The molecule has 3 N–H and O–H groups in total. The maximum absolute atomic E-state index is 11.0. The van der Waals surface area contributed by atoms with E-state index in [2.05, 4.69) is 10.1 Å². The van der Waals surface area contributed by atoms with E-state index in [-0.39, 0.29) is 11.1 Å². The molecule has 1 heterocycles. The first-order chi connectivity index (χ1) is 6.20. The van der Waals surface area contributed by atoms with Crippen LogP contribution in [-0.4, -0.2) is 22.4 Å². The minimum atomic E-state index is -1.27. The Balaban J connectivity index is 2.75. The second kappa shape index (κ2) is 4.05. The van der Waals surface area contributed by atoms with Crippen molar-refractivity contribution in [3.8, 4) is 0 Å². The van der Waals surface area contributed by atoms with Crippen LogP contribution in [0.4, 0.5) is 4.79 Å². The number of pyridine rings is 1. The molecule has 0 spiro atoms. The number of nitrogens with one attached hydrogen (secondary N) is 2. The number of carbonyl (C=O) groups is 1. The molecule has 0 atom stereocenters. The maximum Gasteiger partial charge on any atom is 0.425 e. The predicted octanol–water partition coefficient (Wildman–Crippen LogP) is -0.0236. The summed E-state index contributed by atoms with van der Waals surface area (Å²) in [7, 11) is 0. The second-order valence-electron chi connectivity index (χ2n) is 2.13. The van der Waals surface area contributed by atoms with Crippen LogP contribution in [0, 0.1) is 0 Å². The Hall–Kier alpha value is -2.11. The summed E-state index contributed by atoms with van der Waals surface area (Å²) in [5.41, 5.74) is 1.72. The second-order valence-corrected chi connectivity index (χ2v) is 2.13. The Kier molecular flexibility index (Phi) is 2.80. The predicted molar refractivity (Wildman–Crippen MR) is 45.8 cm³/mol. The minimum absolute atomic E-state index is 0.288. The molecule has 0 radical (unpaired) electrons. The monoisotopic (exact) mass is 181 g/mol. The molecule has 0 saturated heterocycles. The summed E-state index contributed by atoms with van der Waals surface area (Å²) < 4.78 is 0. The Labute approximate surface area is 72.9 Å². The number of rotatable bonds is 2. The number of hydrazone groups is 1. The molecule has 6 heteroatoms. The van der Waals surface area contributed by atoms with Gasteiger partial charge in [0.25, 0.3) is 5.56 Å². The number of amides is 1. The van der Waals surface area contributed by atoms with Gasteiger partial charge in [-0.2, -0.15) is 5.10 Å². The number of nitrogens with zero attached hydrogens (tertiary/aromatic N) is 1. The largest absolute Gasteiger partial charge is 0.464 e. The third-order valence-electron chi connectivity index (χ3n) is 1.21. The zero-order valence-corrected chi connectivity index (χ0v) is 6.52. The van der Waals surface area contributed by atoms with Crippen molar-refractivity contribution in [1.29, 1.82) is 0 Å². The van der Waals surface area contributed by atoms with Crippen LogP contribution in [-0.2, 0) is 0 Å². The van der Waals surface area contributed by atoms with Crippen LogP contribution in [0.25, 0.3) is 0 Å². The third-order valence-corrected chi connectivity index (χ3v) is 1.21. The highest BCUT2D eigenvalue weighted by Crippen LogP contribution is 1.82. The molecule has 0 saturated carbocycles. The fourth-order valence-electron chi connectivity index (χ4n) is 0.693. The smallest absolute Gasteiger partial charge is 0.425 e. The minimum Gasteiger partial charge on any atom is -0.464 e. The fourth-order valence-corrected chi connectivity index (χ4v) is 0.693. The normalized spacial score (nSPS) is 10.2. The van der Waals surface area contributed by atoms with E-state index in [0.717, 1.165) is 6.21 Å². The summed E-state index contributed by atoms with van der Waals surface area (Å²) in [6, 6.07) is 3.13. The molecule has 0 aliphatic rings. The van der Waals surface area contributed by atoms with Gasteiger partial charge in [0, 0.05) is 6.20 Å². The quantitative estimate of drug-likeness (QED) is 0.442. The summed E-state index contributed by atoms with van der Waals surface area (Å²) >= 11 is 0. The molecule has 1 rings (SSSR count). The lowest BCUT2D eigenvalue weighted by atomic mass is 10.3. The van der Waals surface area contributed by atoms with E-state index in [1.54, 1.807) is 11.5 Å². The Morgan fingerprint density at radius 3 is 3.08 bits per heavy atom. The van der Waals surface area contributed by atoms with Crippen molar-refractivity contribution in [3.05, 3.63) is 34.2 Å². The van der Waals surface area contributed by atoms with Crippen LogP contribution >= 0.6 is 0 Å². The first-order valence-electron chi connectivity index (χ1n) is 3.40. The lowest BCUT2D eigenvalue weighted by Crippen LogP contribution is -2.16. The lowest BCUT2D eigenvalue weighted by molar-refractivity contribution is 0.195. The van der Waals surface area contributed by atoms with E-state index < -0.39 is 6.09 Å². The van der Waals surface area contributed by atoms with E-state index in [1.807, 2.05) is 0 Å². The molecule has 0 aromatic carbocycles. The van der Waals surface area contributed by atoms with Gasteiger partial charge in [-0.1, -0.05) is 0 Å². The van der Waals surface area contributed by atoms with E-state index >= 15 is 0 Å². The van der Waals surface area contributed by atoms with Gasteiger partial charge in [0.1, 0.15) is 0 Å². The molecular formula is C7H7N3O3. The van der Waals surface area contributed by atoms with Crippen LogP contribution in [0.5, 0.6) is 0 Å². The highest BCUT2D eigenvalue weighted by Gasteiger charge is 1.93. The SMILES string of the molecule is O=C(O)N/N=C\c1ccc[nH]c1=O. The van der Waals surface area contributed by atoms with Gasteiger partial charge in [0.2, 0.25) is 0 Å². The average Bonchev–Trinajstić information content (AvgIpc) is 2.08. The molecule has 13 heavy (non-hydrogen) atoms. The molecule has 0 unspecified atom stereocenters. The number of aromatic nitrogens is 1. The van der Waals surface area contributed by atoms with Crippen molar-refractivity contribution in [3.63, 3.8) is 0 Å². The van der Waals surface area contributed by atoms with Crippen LogP contribution in [0.15, 0.2) is 28.2 Å². The van der Waals surface area contributed by atoms with Crippen LogP contribution in [0.2, 0.25) is 0 Å². The van der Waals surface area contributed by atoms with Crippen molar-refractivity contribution in [2.24, 2.45) is 5.10 Å². The molecule has 68 valence electrons. The summed E-state index contributed by atoms with van der Waals surface area (Å²) in [5, 5.41) is 11.5. The van der Waals surface area contributed by atoms with Gasteiger partial charge in [-0.05, 0) is 12.1 Å². The van der Waals surface area contributed by atoms with Crippen molar-refractivity contribution in [2.45, 2.75) is 0 Å². The summed E-state index contributed by atoms with van der Waals surface area (Å²) in [4.78, 5) is 23.4. The molecule has 0 bridgehead atoms. The highest BCUT2D eigenvalue weighted by molar-refractivity contribution is 5.79. The van der Waals surface area contributed by atoms with Gasteiger partial charge in [-0.3, -0.25) is 4.79 Å². The molecule has 1 aromatic rings. The number of H-pyrrole nitrogens is 1. The number of aromatic amines is 1. The zero-order valence-electron chi connectivity index (χ0n) is 6.52. The Bertz CT molecular complexity index is 383. The summed E-state index contributed by atoms with van der Waals surface area (Å²) in [5.74, 6) is 0. The molecule has 1 aromatic heterocycles. The van der Waals surface area contributed by atoms with E-state index in [0.29, 0.717) is 0 Å². The van der Waals surface area contributed by atoms with Crippen molar-refractivity contribution in [1.82, 2.24) is 10.4 Å². The topological polar surface area (TPSA) is 94.5 Å². The Morgan fingerprint density at radius 2 is 2.46 bits per heavy atom. The van der Waals surface area contributed by atoms with E-state index in [1.165, 1.54) is 12.3 Å². The maximum atomic E-state index is 11.0. The van der Waals surface area contributed by atoms with Gasteiger partial charge in [-0.25, -0.2) is 10.2 Å². The summed E-state index contributed by atoms with van der Waals surface area (Å²) in [6.07, 6.45) is 1.33.